The van der Waals surface area contributed by atoms with Crippen LogP contribution < -0.4 is 10.9 Å². The van der Waals surface area contributed by atoms with Gasteiger partial charge in [-0.3, -0.25) is 9.69 Å². The van der Waals surface area contributed by atoms with Gasteiger partial charge in [-0.15, -0.1) is 0 Å². The Morgan fingerprint density at radius 1 is 1.42 bits per heavy atom. The van der Waals surface area contributed by atoms with Crippen molar-refractivity contribution >= 4 is 5.82 Å². The Morgan fingerprint density at radius 2 is 2.26 bits per heavy atom. The molecule has 2 heterocycles. The normalized spacial score (nSPS) is 23.7. The predicted molar refractivity (Wildman–Crippen MR) is 75.4 cm³/mol. The molecule has 5 nitrogen and oxygen atoms in total. The first kappa shape index (κ1) is 12.7. The first-order valence-corrected chi connectivity index (χ1v) is 7.34. The van der Waals surface area contributed by atoms with Gasteiger partial charge in [0.05, 0.1) is 0 Å². The van der Waals surface area contributed by atoms with Crippen LogP contribution in [0, 0.1) is 0 Å². The topological polar surface area (TPSA) is 50.2 Å². The van der Waals surface area contributed by atoms with Crippen molar-refractivity contribution < 1.29 is 0 Å². The Bertz CT molecular complexity index is 494. The van der Waals surface area contributed by atoms with Crippen molar-refractivity contribution in [3.8, 4) is 0 Å². The second-order valence-corrected chi connectivity index (χ2v) is 5.63. The largest absolute Gasteiger partial charge is 0.361 e. The summed E-state index contributed by atoms with van der Waals surface area (Å²) in [6.45, 7) is 5.03. The minimum Gasteiger partial charge on any atom is -0.361 e. The van der Waals surface area contributed by atoms with Crippen molar-refractivity contribution in [1.82, 2.24) is 14.5 Å². The molecule has 2 aliphatic rings. The molecule has 2 fully saturated rings. The van der Waals surface area contributed by atoms with E-state index in [4.69, 9.17) is 0 Å². The van der Waals surface area contributed by atoms with E-state index in [-0.39, 0.29) is 5.56 Å². The van der Waals surface area contributed by atoms with E-state index in [0.29, 0.717) is 11.9 Å². The van der Waals surface area contributed by atoms with Gasteiger partial charge >= 0.3 is 0 Å². The third-order valence-electron chi connectivity index (χ3n) is 4.00. The molecule has 19 heavy (non-hydrogen) atoms. The molecule has 1 aromatic rings. The van der Waals surface area contributed by atoms with E-state index < -0.39 is 0 Å². The summed E-state index contributed by atoms with van der Waals surface area (Å²) in [5.74, 6) is 0.513. The van der Waals surface area contributed by atoms with E-state index in [1.54, 1.807) is 17.0 Å². The summed E-state index contributed by atoms with van der Waals surface area (Å²) in [7, 11) is 0. The Hall–Kier alpha value is -1.36. The van der Waals surface area contributed by atoms with Crippen LogP contribution in [0.4, 0.5) is 5.82 Å². The molecular weight excluding hydrogens is 240 g/mol. The highest BCUT2D eigenvalue weighted by Gasteiger charge is 2.34. The first-order valence-electron chi connectivity index (χ1n) is 7.34. The second kappa shape index (κ2) is 5.33. The van der Waals surface area contributed by atoms with Crippen molar-refractivity contribution in [2.24, 2.45) is 0 Å². The van der Waals surface area contributed by atoms with Crippen LogP contribution in [0.2, 0.25) is 0 Å². The number of hydrogen-bond donors (Lipinski definition) is 1. The molecular formula is C14H22N4O. The van der Waals surface area contributed by atoms with Crippen molar-refractivity contribution in [3.05, 3.63) is 22.7 Å². The van der Waals surface area contributed by atoms with Gasteiger partial charge in [0, 0.05) is 44.1 Å². The smallest absolute Gasteiger partial charge is 0.293 e. The fourth-order valence-corrected chi connectivity index (χ4v) is 2.83. The van der Waals surface area contributed by atoms with E-state index in [9.17, 15) is 4.79 Å². The monoisotopic (exact) mass is 262 g/mol. The molecule has 0 aromatic carbocycles. The number of likely N-dealkylation sites (tertiary alicyclic amines) is 1. The molecule has 1 aliphatic carbocycles. The maximum Gasteiger partial charge on any atom is 0.293 e. The van der Waals surface area contributed by atoms with Crippen LogP contribution in [-0.4, -0.2) is 39.6 Å². The van der Waals surface area contributed by atoms with Gasteiger partial charge in [0.25, 0.3) is 5.56 Å². The molecule has 1 aliphatic heterocycles. The number of rotatable bonds is 5. The van der Waals surface area contributed by atoms with Crippen molar-refractivity contribution in [2.45, 2.75) is 51.2 Å². The molecule has 1 saturated heterocycles. The Morgan fingerprint density at radius 3 is 3.00 bits per heavy atom. The lowest BCUT2D eigenvalue weighted by Gasteiger charge is -2.16. The Kier molecular flexibility index (Phi) is 3.55. The lowest BCUT2D eigenvalue weighted by Crippen LogP contribution is -2.32. The summed E-state index contributed by atoms with van der Waals surface area (Å²) in [6.07, 6.45) is 8.25. The zero-order chi connectivity index (χ0) is 13.2. The molecule has 1 aromatic heterocycles. The van der Waals surface area contributed by atoms with Crippen LogP contribution >= 0.6 is 0 Å². The van der Waals surface area contributed by atoms with E-state index in [1.165, 1.54) is 12.8 Å². The maximum atomic E-state index is 12.2. The standard InChI is InChI=1S/C14H22N4O/c1-2-7-17-9-6-15-13(14(17)19)16-11-5-8-18(10-11)12-3-4-12/h6,9,11-12H,2-5,7-8,10H2,1H3,(H,15,16). The van der Waals surface area contributed by atoms with E-state index in [0.717, 1.165) is 38.5 Å². The molecule has 1 saturated carbocycles. The minimum atomic E-state index is 0.00854. The number of hydrogen-bond acceptors (Lipinski definition) is 4. The lowest BCUT2D eigenvalue weighted by atomic mass is 10.2. The van der Waals surface area contributed by atoms with Gasteiger partial charge in [0.15, 0.2) is 5.82 Å². The van der Waals surface area contributed by atoms with Crippen molar-refractivity contribution in [1.29, 1.82) is 0 Å². The molecule has 1 atom stereocenters. The number of anilines is 1. The molecule has 0 radical (unpaired) electrons. The highest BCUT2D eigenvalue weighted by molar-refractivity contribution is 5.33. The van der Waals surface area contributed by atoms with Gasteiger partial charge in [0.1, 0.15) is 0 Å². The third-order valence-corrected chi connectivity index (χ3v) is 4.00. The Balaban J connectivity index is 1.66. The summed E-state index contributed by atoms with van der Waals surface area (Å²) >= 11 is 0. The molecule has 1 unspecified atom stereocenters. The number of nitrogens with zero attached hydrogens (tertiary/aromatic N) is 3. The predicted octanol–water partition coefficient (Wildman–Crippen LogP) is 1.30. The maximum absolute atomic E-state index is 12.2. The molecule has 0 bridgehead atoms. The summed E-state index contributed by atoms with van der Waals surface area (Å²) in [6, 6.07) is 1.19. The fraction of sp³-hybridized carbons (Fsp3) is 0.714. The van der Waals surface area contributed by atoms with E-state index in [1.807, 2.05) is 0 Å². The van der Waals surface area contributed by atoms with E-state index in [2.05, 4.69) is 22.1 Å². The number of aryl methyl sites for hydroxylation is 1. The molecule has 3 rings (SSSR count). The highest BCUT2D eigenvalue weighted by atomic mass is 16.1. The van der Waals surface area contributed by atoms with Gasteiger partial charge in [-0.05, 0) is 25.7 Å². The third kappa shape index (κ3) is 2.81. The van der Waals surface area contributed by atoms with E-state index >= 15 is 0 Å². The zero-order valence-electron chi connectivity index (χ0n) is 11.5. The average Bonchev–Trinajstić information content (AvgIpc) is 3.15. The van der Waals surface area contributed by atoms with Crippen LogP contribution in [0.3, 0.4) is 0 Å². The number of nitrogens with one attached hydrogen (secondary N) is 1. The van der Waals surface area contributed by atoms with Crippen LogP contribution in [0.1, 0.15) is 32.6 Å². The van der Waals surface area contributed by atoms with Crippen LogP contribution in [0.15, 0.2) is 17.2 Å². The lowest BCUT2D eigenvalue weighted by molar-refractivity contribution is 0.326. The summed E-state index contributed by atoms with van der Waals surface area (Å²) < 4.78 is 1.74. The SMILES string of the molecule is CCCn1ccnc(NC2CCN(C3CC3)C2)c1=O. The minimum absolute atomic E-state index is 0.00854. The fourth-order valence-electron chi connectivity index (χ4n) is 2.83. The molecule has 0 amide bonds. The Labute approximate surface area is 113 Å². The van der Waals surface area contributed by atoms with Crippen LogP contribution in [0.25, 0.3) is 0 Å². The molecule has 0 spiro atoms. The highest BCUT2D eigenvalue weighted by Crippen LogP contribution is 2.30. The summed E-state index contributed by atoms with van der Waals surface area (Å²) in [5, 5.41) is 3.33. The van der Waals surface area contributed by atoms with Crippen molar-refractivity contribution in [2.75, 3.05) is 18.4 Å². The van der Waals surface area contributed by atoms with Gasteiger partial charge < -0.3 is 9.88 Å². The molecule has 1 N–H and O–H groups in total. The van der Waals surface area contributed by atoms with Crippen LogP contribution in [-0.2, 0) is 6.54 Å². The van der Waals surface area contributed by atoms with Gasteiger partial charge in [-0.25, -0.2) is 4.98 Å². The van der Waals surface area contributed by atoms with Gasteiger partial charge in [-0.2, -0.15) is 0 Å². The quantitative estimate of drug-likeness (QED) is 0.869. The molecule has 5 heteroatoms. The van der Waals surface area contributed by atoms with Crippen molar-refractivity contribution in [3.63, 3.8) is 0 Å². The number of aromatic nitrogens is 2. The van der Waals surface area contributed by atoms with Crippen LogP contribution in [0.5, 0.6) is 0 Å². The van der Waals surface area contributed by atoms with Gasteiger partial charge in [0.2, 0.25) is 0 Å². The average molecular weight is 262 g/mol. The summed E-state index contributed by atoms with van der Waals surface area (Å²) in [5.41, 5.74) is 0.00854. The summed E-state index contributed by atoms with van der Waals surface area (Å²) in [4.78, 5) is 18.9. The molecule has 104 valence electrons. The second-order valence-electron chi connectivity index (χ2n) is 5.63. The van der Waals surface area contributed by atoms with Gasteiger partial charge in [-0.1, -0.05) is 6.92 Å². The first-order chi connectivity index (χ1) is 9.28. The zero-order valence-corrected chi connectivity index (χ0v) is 11.5.